The van der Waals surface area contributed by atoms with E-state index >= 15 is 0 Å². The fourth-order valence-electron chi connectivity index (χ4n) is 2.51. The molecule has 122 valence electrons. The van der Waals surface area contributed by atoms with E-state index in [1.807, 2.05) is 20.8 Å². The smallest absolute Gasteiger partial charge is 0.279 e. The molecule has 5 nitrogen and oxygen atoms in total. The van der Waals surface area contributed by atoms with E-state index in [1.54, 1.807) is 7.05 Å². The molecule has 0 aromatic carbocycles. The van der Waals surface area contributed by atoms with Gasteiger partial charge >= 0.3 is 0 Å². The minimum absolute atomic E-state index is 0.0790. The van der Waals surface area contributed by atoms with Crippen molar-refractivity contribution in [2.75, 3.05) is 26.7 Å². The van der Waals surface area contributed by atoms with Crippen LogP contribution in [0, 0.1) is 5.41 Å². The summed E-state index contributed by atoms with van der Waals surface area (Å²) in [6, 6.07) is 0. The van der Waals surface area contributed by atoms with Crippen LogP contribution in [0.25, 0.3) is 0 Å². The Morgan fingerprint density at radius 3 is 2.10 bits per heavy atom. The Morgan fingerprint density at radius 1 is 1.10 bits per heavy atom. The fourth-order valence-corrected chi connectivity index (χ4v) is 3.81. The quantitative estimate of drug-likeness (QED) is 0.640. The van der Waals surface area contributed by atoms with Crippen LogP contribution in [0.15, 0.2) is 0 Å². The molecule has 0 radical (unpaired) electrons. The van der Waals surface area contributed by atoms with Gasteiger partial charge in [0, 0.05) is 19.1 Å². The number of nitrogens with one attached hydrogen (secondary N) is 2. The van der Waals surface area contributed by atoms with Gasteiger partial charge in [-0.3, -0.25) is 0 Å². The normalized spacial score (nSPS) is 14.0. The summed E-state index contributed by atoms with van der Waals surface area (Å²) in [7, 11) is -1.80. The lowest BCUT2D eigenvalue weighted by molar-refractivity contribution is 0.265. The number of hydrogen-bond acceptors (Lipinski definition) is 3. The zero-order chi connectivity index (χ0) is 16.0. The van der Waals surface area contributed by atoms with Crippen molar-refractivity contribution in [1.82, 2.24) is 14.3 Å². The Morgan fingerprint density at radius 2 is 1.65 bits per heavy atom. The SMILES string of the molecule is CCNCCCN(C)S(=O)(=O)NC(C)(C)CC(C)(C)C. The van der Waals surface area contributed by atoms with Crippen molar-refractivity contribution < 1.29 is 8.42 Å². The number of nitrogens with zero attached hydrogens (tertiary/aromatic N) is 1. The minimum atomic E-state index is -3.42. The van der Waals surface area contributed by atoms with Crippen molar-refractivity contribution in [3.63, 3.8) is 0 Å². The van der Waals surface area contributed by atoms with Crippen LogP contribution in [0.5, 0.6) is 0 Å². The van der Waals surface area contributed by atoms with Gasteiger partial charge in [0.15, 0.2) is 0 Å². The monoisotopic (exact) mass is 307 g/mol. The van der Waals surface area contributed by atoms with Crippen LogP contribution >= 0.6 is 0 Å². The van der Waals surface area contributed by atoms with E-state index in [-0.39, 0.29) is 5.41 Å². The lowest BCUT2D eigenvalue weighted by Gasteiger charge is -2.34. The Bertz CT molecular complexity index is 372. The predicted octanol–water partition coefficient (Wildman–Crippen LogP) is 1.97. The molecule has 0 aliphatic carbocycles. The standard InChI is InChI=1S/C14H33N3O2S/c1-8-15-10-9-11-17(7)20(18,19)16-14(5,6)12-13(2,3)4/h15-16H,8-12H2,1-7H3. The Hall–Kier alpha value is -0.170. The van der Waals surface area contributed by atoms with E-state index in [9.17, 15) is 8.42 Å². The van der Waals surface area contributed by atoms with Crippen molar-refractivity contribution >= 4 is 10.2 Å². The van der Waals surface area contributed by atoms with Gasteiger partial charge in [0.1, 0.15) is 0 Å². The third-order valence-electron chi connectivity index (χ3n) is 2.86. The van der Waals surface area contributed by atoms with E-state index in [0.29, 0.717) is 6.54 Å². The average Bonchev–Trinajstić information content (AvgIpc) is 2.18. The van der Waals surface area contributed by atoms with E-state index in [0.717, 1.165) is 25.9 Å². The van der Waals surface area contributed by atoms with Gasteiger partial charge < -0.3 is 5.32 Å². The lowest BCUT2D eigenvalue weighted by Crippen LogP contribution is -2.51. The molecular weight excluding hydrogens is 274 g/mol. The molecule has 0 heterocycles. The highest BCUT2D eigenvalue weighted by atomic mass is 32.2. The second-order valence-corrected chi connectivity index (χ2v) is 9.03. The van der Waals surface area contributed by atoms with Gasteiger partial charge in [0.25, 0.3) is 10.2 Å². The summed E-state index contributed by atoms with van der Waals surface area (Å²) in [6.07, 6.45) is 1.59. The molecule has 6 heteroatoms. The molecule has 0 aromatic heterocycles. The van der Waals surface area contributed by atoms with Crippen molar-refractivity contribution in [3.8, 4) is 0 Å². The average molecular weight is 308 g/mol. The Labute approximate surface area is 125 Å². The van der Waals surface area contributed by atoms with Gasteiger partial charge in [-0.1, -0.05) is 27.7 Å². The number of rotatable bonds is 9. The largest absolute Gasteiger partial charge is 0.317 e. The maximum Gasteiger partial charge on any atom is 0.279 e. The molecule has 0 aliphatic heterocycles. The first kappa shape index (κ1) is 19.8. The summed E-state index contributed by atoms with van der Waals surface area (Å²) in [5.74, 6) is 0. The highest BCUT2D eigenvalue weighted by Crippen LogP contribution is 2.27. The van der Waals surface area contributed by atoms with Gasteiger partial charge in [-0.05, 0) is 45.2 Å². The summed E-state index contributed by atoms with van der Waals surface area (Å²) in [6.45, 7) is 14.5. The summed E-state index contributed by atoms with van der Waals surface area (Å²) in [4.78, 5) is 0. The summed E-state index contributed by atoms with van der Waals surface area (Å²) >= 11 is 0. The van der Waals surface area contributed by atoms with E-state index in [2.05, 4.69) is 30.8 Å². The van der Waals surface area contributed by atoms with Crippen LogP contribution < -0.4 is 10.0 Å². The van der Waals surface area contributed by atoms with Crippen molar-refractivity contribution in [3.05, 3.63) is 0 Å². The third kappa shape index (κ3) is 8.89. The van der Waals surface area contributed by atoms with Crippen LogP contribution in [-0.2, 0) is 10.2 Å². The maximum atomic E-state index is 12.3. The fraction of sp³-hybridized carbons (Fsp3) is 1.00. The lowest BCUT2D eigenvalue weighted by atomic mass is 9.82. The second-order valence-electron chi connectivity index (χ2n) is 7.26. The highest BCUT2D eigenvalue weighted by molar-refractivity contribution is 7.87. The first-order chi connectivity index (χ1) is 8.90. The Balaban J connectivity index is 4.49. The summed E-state index contributed by atoms with van der Waals surface area (Å²) in [5.41, 5.74) is -0.372. The molecule has 0 rings (SSSR count). The Kier molecular flexibility index (Phi) is 7.66. The molecule has 0 aliphatic rings. The van der Waals surface area contributed by atoms with Crippen LogP contribution in [0.1, 0.15) is 54.4 Å². The molecule has 2 N–H and O–H groups in total. The zero-order valence-electron chi connectivity index (χ0n) is 14.2. The maximum absolute atomic E-state index is 12.3. The van der Waals surface area contributed by atoms with Crippen LogP contribution in [0.3, 0.4) is 0 Å². The summed E-state index contributed by atoms with van der Waals surface area (Å²) in [5, 5.41) is 3.19. The molecule has 0 saturated heterocycles. The van der Waals surface area contributed by atoms with Crippen molar-refractivity contribution in [2.24, 2.45) is 5.41 Å². The van der Waals surface area contributed by atoms with Gasteiger partial charge in [-0.15, -0.1) is 0 Å². The van der Waals surface area contributed by atoms with Gasteiger partial charge in [-0.25, -0.2) is 0 Å². The minimum Gasteiger partial charge on any atom is -0.317 e. The first-order valence-corrected chi connectivity index (χ1v) is 8.79. The van der Waals surface area contributed by atoms with E-state index < -0.39 is 15.7 Å². The third-order valence-corrected chi connectivity index (χ3v) is 4.68. The van der Waals surface area contributed by atoms with Crippen LogP contribution in [0.2, 0.25) is 0 Å². The zero-order valence-corrected chi connectivity index (χ0v) is 15.0. The van der Waals surface area contributed by atoms with E-state index in [1.165, 1.54) is 4.31 Å². The van der Waals surface area contributed by atoms with Crippen LogP contribution in [-0.4, -0.2) is 44.9 Å². The molecule has 0 unspecified atom stereocenters. The van der Waals surface area contributed by atoms with Gasteiger partial charge in [-0.2, -0.15) is 17.4 Å². The van der Waals surface area contributed by atoms with Crippen molar-refractivity contribution in [2.45, 2.75) is 59.9 Å². The molecule has 0 aromatic rings. The molecule has 0 saturated carbocycles. The number of hydrogen-bond donors (Lipinski definition) is 2. The first-order valence-electron chi connectivity index (χ1n) is 7.35. The molecule has 0 bridgehead atoms. The molecule has 0 amide bonds. The highest BCUT2D eigenvalue weighted by Gasteiger charge is 2.31. The van der Waals surface area contributed by atoms with E-state index in [4.69, 9.17) is 0 Å². The topological polar surface area (TPSA) is 61.4 Å². The molecule has 0 fully saturated rings. The molecular formula is C14H33N3O2S. The summed E-state index contributed by atoms with van der Waals surface area (Å²) < 4.78 is 28.8. The molecule has 0 atom stereocenters. The van der Waals surface area contributed by atoms with Crippen molar-refractivity contribution in [1.29, 1.82) is 0 Å². The molecule has 20 heavy (non-hydrogen) atoms. The molecule has 0 spiro atoms. The van der Waals surface area contributed by atoms with Gasteiger partial charge in [0.2, 0.25) is 0 Å². The second kappa shape index (κ2) is 7.73. The predicted molar refractivity (Wildman–Crippen MR) is 86.0 cm³/mol. The van der Waals surface area contributed by atoms with Crippen LogP contribution in [0.4, 0.5) is 0 Å². The van der Waals surface area contributed by atoms with Gasteiger partial charge in [0.05, 0.1) is 0 Å².